The van der Waals surface area contributed by atoms with Crippen LogP contribution >= 0.6 is 0 Å². The Morgan fingerprint density at radius 3 is 2.11 bits per heavy atom. The maximum absolute atomic E-state index is 13.9. The quantitative estimate of drug-likeness (QED) is 0.248. The van der Waals surface area contributed by atoms with Crippen molar-refractivity contribution in [3.05, 3.63) is 102 Å². The van der Waals surface area contributed by atoms with Gasteiger partial charge < -0.3 is 35.8 Å². The molecule has 3 aromatic rings. The topological polar surface area (TPSA) is 149 Å². The highest BCUT2D eigenvalue weighted by Crippen LogP contribution is 2.20. The number of para-hydroxylation sites is 1. The second-order valence-corrected chi connectivity index (χ2v) is 13.9. The molecule has 3 atom stereocenters. The molecule has 1 saturated heterocycles. The van der Waals surface area contributed by atoms with E-state index < -0.39 is 54.1 Å². The number of rotatable bonds is 9. The van der Waals surface area contributed by atoms with Crippen LogP contribution in [0.1, 0.15) is 60.0 Å². The average Bonchev–Trinajstić information content (AvgIpc) is 3.44. The van der Waals surface area contributed by atoms with Gasteiger partial charge in [0.2, 0.25) is 23.6 Å². The number of nitrogens with zero attached hydrogens (tertiary/aromatic N) is 2. The molecule has 0 aromatic heterocycles. The van der Waals surface area contributed by atoms with Gasteiger partial charge in [0.1, 0.15) is 24.4 Å². The van der Waals surface area contributed by atoms with E-state index in [-0.39, 0.29) is 30.9 Å². The van der Waals surface area contributed by atoms with Crippen LogP contribution in [-0.2, 0) is 32.0 Å². The molecule has 5 rings (SSSR count). The van der Waals surface area contributed by atoms with Gasteiger partial charge in [-0.25, -0.2) is 0 Å². The van der Waals surface area contributed by atoms with Crippen LogP contribution in [0.25, 0.3) is 0 Å². The lowest BCUT2D eigenvalue weighted by atomic mass is 10.0. The molecule has 2 aliphatic rings. The Balaban J connectivity index is 1.39. The van der Waals surface area contributed by atoms with Crippen molar-refractivity contribution in [1.82, 2.24) is 31.1 Å². The van der Waals surface area contributed by atoms with E-state index in [1.54, 1.807) is 24.3 Å². The summed E-state index contributed by atoms with van der Waals surface area (Å²) in [6, 6.07) is 22.7. The summed E-state index contributed by atoms with van der Waals surface area (Å²) in [5.41, 5.74) is 1.95. The van der Waals surface area contributed by atoms with Gasteiger partial charge in [0, 0.05) is 20.0 Å². The highest BCUT2D eigenvalue weighted by molar-refractivity contribution is 6.01. The van der Waals surface area contributed by atoms with Crippen LogP contribution < -0.4 is 26.0 Å². The smallest absolute Gasteiger partial charge is 0.255 e. The van der Waals surface area contributed by atoms with Crippen molar-refractivity contribution in [2.75, 3.05) is 46.4 Å². The van der Waals surface area contributed by atoms with E-state index in [2.05, 4.69) is 26.2 Å². The lowest BCUT2D eigenvalue weighted by Gasteiger charge is -2.26. The Morgan fingerprint density at radius 1 is 0.774 bits per heavy atom. The monoisotopic (exact) mass is 724 g/mol. The van der Waals surface area contributed by atoms with Crippen LogP contribution in [0.4, 0.5) is 0 Å². The van der Waals surface area contributed by atoms with E-state index in [9.17, 15) is 24.0 Å². The van der Waals surface area contributed by atoms with E-state index in [1.165, 1.54) is 37.6 Å². The van der Waals surface area contributed by atoms with Crippen LogP contribution in [0.2, 0.25) is 0 Å². The molecular weight excluding hydrogens is 672 g/mol. The molecule has 12 heteroatoms. The van der Waals surface area contributed by atoms with Crippen molar-refractivity contribution in [1.29, 1.82) is 0 Å². The molecule has 5 amide bonds. The molecule has 2 aliphatic heterocycles. The van der Waals surface area contributed by atoms with Crippen LogP contribution in [0.3, 0.4) is 0 Å². The number of likely N-dealkylation sites (tertiary alicyclic amines) is 1. The Bertz CT molecular complexity index is 1660. The number of nitrogens with one attached hydrogen (secondary N) is 4. The van der Waals surface area contributed by atoms with Crippen molar-refractivity contribution < 1.29 is 28.7 Å². The van der Waals surface area contributed by atoms with E-state index in [1.807, 2.05) is 60.7 Å². The first-order valence-electron chi connectivity index (χ1n) is 18.7. The second kappa shape index (κ2) is 20.1. The van der Waals surface area contributed by atoms with E-state index in [4.69, 9.17) is 4.74 Å². The molecule has 1 fully saturated rings. The number of fused-ring (bicyclic) bond motifs is 1. The third-order valence-corrected chi connectivity index (χ3v) is 9.60. The summed E-state index contributed by atoms with van der Waals surface area (Å²) in [5.74, 6) is -2.30. The fraction of sp³-hybridized carbons (Fsp3) is 0.439. The lowest BCUT2D eigenvalue weighted by Crippen LogP contribution is -2.54. The Kier molecular flexibility index (Phi) is 14.8. The predicted octanol–water partition coefficient (Wildman–Crippen LogP) is 2.86. The Morgan fingerprint density at radius 2 is 1.42 bits per heavy atom. The lowest BCUT2D eigenvalue weighted by molar-refractivity contribution is -0.138. The third kappa shape index (κ3) is 12.5. The molecule has 0 aliphatic carbocycles. The summed E-state index contributed by atoms with van der Waals surface area (Å²) in [5, 5.41) is 11.5. The zero-order chi connectivity index (χ0) is 37.4. The fourth-order valence-electron chi connectivity index (χ4n) is 6.78. The van der Waals surface area contributed by atoms with Gasteiger partial charge in [0.05, 0.1) is 24.6 Å². The third-order valence-electron chi connectivity index (χ3n) is 9.60. The predicted molar refractivity (Wildman–Crippen MR) is 202 cm³/mol. The number of carbonyl (C=O) groups excluding carboxylic acids is 5. The molecule has 0 saturated carbocycles. The van der Waals surface area contributed by atoms with Gasteiger partial charge in [0.25, 0.3) is 5.91 Å². The van der Waals surface area contributed by atoms with Crippen molar-refractivity contribution in [3.63, 3.8) is 0 Å². The highest BCUT2D eigenvalue weighted by Gasteiger charge is 2.31. The SMILES string of the molecule is CN1CC(=O)N[C@H](Cc2ccccc2)COc2ccccc2C(=O)N[C@H](C(=O)NCCCN2CCCCCC2)CC(=O)N[C@@H](Cc2ccccc2)C1=O. The van der Waals surface area contributed by atoms with Gasteiger partial charge >= 0.3 is 0 Å². The molecule has 2 heterocycles. The highest BCUT2D eigenvalue weighted by atomic mass is 16.5. The molecule has 4 N–H and O–H groups in total. The summed E-state index contributed by atoms with van der Waals surface area (Å²) in [7, 11) is 1.52. The second-order valence-electron chi connectivity index (χ2n) is 13.9. The summed E-state index contributed by atoms with van der Waals surface area (Å²) < 4.78 is 6.17. The van der Waals surface area contributed by atoms with Crippen molar-refractivity contribution >= 4 is 29.5 Å². The maximum Gasteiger partial charge on any atom is 0.255 e. The number of hydrogen-bond acceptors (Lipinski definition) is 7. The summed E-state index contributed by atoms with van der Waals surface area (Å²) in [4.78, 5) is 72.1. The van der Waals surface area contributed by atoms with Gasteiger partial charge in [-0.2, -0.15) is 0 Å². The minimum Gasteiger partial charge on any atom is -0.491 e. The van der Waals surface area contributed by atoms with Gasteiger partial charge in [-0.1, -0.05) is 85.6 Å². The average molecular weight is 725 g/mol. The van der Waals surface area contributed by atoms with E-state index in [0.29, 0.717) is 13.0 Å². The molecule has 12 nitrogen and oxygen atoms in total. The molecule has 282 valence electrons. The van der Waals surface area contributed by atoms with Gasteiger partial charge in [-0.15, -0.1) is 0 Å². The van der Waals surface area contributed by atoms with Crippen molar-refractivity contribution in [3.8, 4) is 5.75 Å². The summed E-state index contributed by atoms with van der Waals surface area (Å²) >= 11 is 0. The number of ether oxygens (including phenoxy) is 1. The van der Waals surface area contributed by atoms with Crippen LogP contribution in [0.5, 0.6) is 5.75 Å². The number of benzene rings is 3. The number of hydrogen-bond donors (Lipinski definition) is 4. The van der Waals surface area contributed by atoms with Crippen LogP contribution in [-0.4, -0.2) is 104 Å². The van der Waals surface area contributed by atoms with E-state index >= 15 is 0 Å². The fourth-order valence-corrected chi connectivity index (χ4v) is 6.78. The van der Waals surface area contributed by atoms with Crippen molar-refractivity contribution in [2.45, 2.75) is 69.5 Å². The van der Waals surface area contributed by atoms with E-state index in [0.717, 1.165) is 37.2 Å². The molecule has 0 radical (unpaired) electrons. The first-order chi connectivity index (χ1) is 25.7. The van der Waals surface area contributed by atoms with Gasteiger partial charge in [0.15, 0.2) is 0 Å². The van der Waals surface area contributed by atoms with Gasteiger partial charge in [-0.3, -0.25) is 24.0 Å². The number of amides is 5. The molecular formula is C41H52N6O6. The molecule has 53 heavy (non-hydrogen) atoms. The number of likely N-dealkylation sites (N-methyl/N-ethyl adjacent to an activating group) is 1. The Labute approximate surface area is 312 Å². The first-order valence-corrected chi connectivity index (χ1v) is 18.7. The largest absolute Gasteiger partial charge is 0.491 e. The first kappa shape index (κ1) is 39.0. The minimum absolute atomic E-state index is 0.0280. The van der Waals surface area contributed by atoms with Crippen molar-refractivity contribution in [2.24, 2.45) is 0 Å². The zero-order valence-electron chi connectivity index (χ0n) is 30.6. The maximum atomic E-state index is 13.9. The summed E-state index contributed by atoms with van der Waals surface area (Å²) in [6.07, 6.45) is 5.74. The molecule has 3 aromatic carbocycles. The molecule has 0 unspecified atom stereocenters. The normalized spacial score (nSPS) is 21.2. The van der Waals surface area contributed by atoms with Crippen LogP contribution in [0, 0.1) is 0 Å². The van der Waals surface area contributed by atoms with Crippen LogP contribution in [0.15, 0.2) is 84.9 Å². The molecule has 0 bridgehead atoms. The standard InChI is InChI=1S/C41H52N6O6/c1-46-28-38(49)43-32(25-30-15-6-4-7-16-30)29-53-36-20-11-10-19-33(36)39(50)45-34(40(51)42-21-14-24-47-22-12-2-3-13-23-47)27-37(48)44-35(41(46)52)26-31-17-8-5-9-18-31/h4-11,15-20,32,34-35H,2-3,12-14,21-29H2,1H3,(H,42,51)(H,43,49)(H,44,48)(H,45,50)/t32-,34+,35+/m1/s1. The number of carbonyl (C=O) groups is 5. The summed E-state index contributed by atoms with van der Waals surface area (Å²) in [6.45, 7) is 3.09. The van der Waals surface area contributed by atoms with Gasteiger partial charge in [-0.05, 0) is 68.6 Å². The zero-order valence-corrected chi connectivity index (χ0v) is 30.6. The minimum atomic E-state index is -1.23. The molecule has 0 spiro atoms. The Hall–Kier alpha value is -5.23.